The van der Waals surface area contributed by atoms with Crippen LogP contribution in [-0.2, 0) is 18.3 Å². The van der Waals surface area contributed by atoms with Gasteiger partial charge < -0.3 is 9.88 Å². The number of hydrogen-bond acceptors (Lipinski definition) is 6. The number of carbonyl (C=O) groups excluding carboxylic acids is 1. The summed E-state index contributed by atoms with van der Waals surface area (Å²) in [5.41, 5.74) is 4.91. The third-order valence-corrected chi connectivity index (χ3v) is 10.3. The maximum atomic E-state index is 12.6. The fourth-order valence-corrected chi connectivity index (χ4v) is 8.58. The maximum absolute atomic E-state index is 12.6. The smallest absolute Gasteiger partial charge is 0.236 e. The van der Waals surface area contributed by atoms with Crippen LogP contribution < -0.4 is 5.32 Å². The number of rotatable bonds is 7. The predicted octanol–water partition coefficient (Wildman–Crippen LogP) is 6.05. The number of amides is 1. The molecule has 1 aromatic carbocycles. The van der Waals surface area contributed by atoms with E-state index in [4.69, 9.17) is 0 Å². The number of thiazole rings is 1. The van der Waals surface area contributed by atoms with Crippen molar-refractivity contribution < 1.29 is 4.79 Å². The van der Waals surface area contributed by atoms with Crippen LogP contribution in [0.25, 0.3) is 11.3 Å². The lowest BCUT2D eigenvalue weighted by Crippen LogP contribution is -2.47. The predicted molar refractivity (Wildman–Crippen MR) is 142 cm³/mol. The first-order valence-electron chi connectivity index (χ1n) is 12.7. The average Bonchev–Trinajstić information content (AvgIpc) is 3.40. The molecule has 0 atom stereocenters. The molecule has 4 aliphatic carbocycles. The van der Waals surface area contributed by atoms with E-state index in [1.54, 1.807) is 0 Å². The molecule has 1 amide bonds. The van der Waals surface area contributed by atoms with Crippen molar-refractivity contribution in [1.82, 2.24) is 19.7 Å². The molecule has 4 bridgehead atoms. The summed E-state index contributed by atoms with van der Waals surface area (Å²) in [4.78, 5) is 17.2. The van der Waals surface area contributed by atoms with Crippen LogP contribution in [0.4, 0.5) is 5.13 Å². The Morgan fingerprint density at radius 3 is 2.51 bits per heavy atom. The van der Waals surface area contributed by atoms with E-state index in [0.29, 0.717) is 16.3 Å². The Hall–Kier alpha value is -2.19. The first-order chi connectivity index (χ1) is 16.9. The molecule has 8 heteroatoms. The zero-order valence-corrected chi connectivity index (χ0v) is 22.3. The molecule has 3 aromatic rings. The van der Waals surface area contributed by atoms with E-state index in [1.807, 2.05) is 12.4 Å². The number of benzene rings is 1. The van der Waals surface area contributed by atoms with Crippen LogP contribution in [0.3, 0.4) is 0 Å². The third kappa shape index (κ3) is 4.67. The second-order valence-electron chi connectivity index (χ2n) is 11.2. The van der Waals surface area contributed by atoms with Crippen molar-refractivity contribution in [3.05, 3.63) is 40.5 Å². The fourth-order valence-electron chi connectivity index (χ4n) is 7.12. The highest BCUT2D eigenvalue weighted by atomic mass is 32.2. The summed E-state index contributed by atoms with van der Waals surface area (Å²) in [5, 5.41) is 15.4. The summed E-state index contributed by atoms with van der Waals surface area (Å²) in [6, 6.07) is 6.33. The lowest BCUT2D eigenvalue weighted by Gasteiger charge is -2.56. The minimum absolute atomic E-state index is 0.0679. The summed E-state index contributed by atoms with van der Waals surface area (Å²) in [5.74, 6) is 4.12. The van der Waals surface area contributed by atoms with Crippen LogP contribution in [0.2, 0.25) is 0 Å². The minimum Gasteiger partial charge on any atom is -0.309 e. The van der Waals surface area contributed by atoms with Crippen molar-refractivity contribution in [1.29, 1.82) is 0 Å². The average molecular weight is 508 g/mol. The van der Waals surface area contributed by atoms with E-state index >= 15 is 0 Å². The van der Waals surface area contributed by atoms with Gasteiger partial charge in [0, 0.05) is 24.4 Å². The molecule has 0 spiro atoms. The second-order valence-corrected chi connectivity index (χ2v) is 13.0. The number of thioether (sulfide) groups is 1. The first kappa shape index (κ1) is 23.2. The Morgan fingerprint density at radius 2 is 1.83 bits per heavy atom. The van der Waals surface area contributed by atoms with Crippen LogP contribution >= 0.6 is 23.1 Å². The number of aryl methyl sites for hydroxylation is 2. The van der Waals surface area contributed by atoms with E-state index in [0.717, 1.165) is 46.4 Å². The van der Waals surface area contributed by atoms with Gasteiger partial charge in [0.25, 0.3) is 0 Å². The number of hydrogen-bond donors (Lipinski definition) is 1. The number of carbonyl (C=O) groups is 1. The molecule has 7 rings (SSSR count). The van der Waals surface area contributed by atoms with Crippen molar-refractivity contribution in [2.45, 2.75) is 63.9 Å². The number of anilines is 1. The Labute approximate surface area is 215 Å². The van der Waals surface area contributed by atoms with Crippen molar-refractivity contribution in [3.63, 3.8) is 0 Å². The summed E-state index contributed by atoms with van der Waals surface area (Å²) < 4.78 is 2.11. The molecule has 0 radical (unpaired) electrons. The van der Waals surface area contributed by atoms with E-state index < -0.39 is 0 Å². The normalized spacial score (nSPS) is 26.9. The zero-order valence-electron chi connectivity index (χ0n) is 20.7. The van der Waals surface area contributed by atoms with Crippen LogP contribution in [-0.4, -0.2) is 31.4 Å². The lowest BCUT2D eigenvalue weighted by molar-refractivity contribution is -0.113. The SMILES string of the molecule is Cc1ccc(-c2csc(NC(=O)CSc3nnc(CC45CC6CC(CC(C6)C4)C5)n3C)n2)cc1C. The molecule has 4 aliphatic rings. The largest absolute Gasteiger partial charge is 0.309 e. The molecule has 184 valence electrons. The fraction of sp³-hybridized carbons (Fsp3) is 0.556. The molecule has 4 saturated carbocycles. The van der Waals surface area contributed by atoms with Gasteiger partial charge in [-0.1, -0.05) is 23.9 Å². The Balaban J connectivity index is 1.05. The molecule has 0 unspecified atom stereocenters. The number of nitrogens with zero attached hydrogens (tertiary/aromatic N) is 4. The number of aromatic nitrogens is 4. The van der Waals surface area contributed by atoms with Crippen LogP contribution in [0.5, 0.6) is 0 Å². The van der Waals surface area contributed by atoms with Gasteiger partial charge in [0.1, 0.15) is 5.82 Å². The molecule has 2 aromatic heterocycles. The van der Waals surface area contributed by atoms with Crippen molar-refractivity contribution >= 4 is 34.1 Å². The van der Waals surface area contributed by atoms with E-state index in [2.05, 4.69) is 57.1 Å². The van der Waals surface area contributed by atoms with Crippen molar-refractivity contribution in [2.24, 2.45) is 30.2 Å². The molecule has 2 heterocycles. The van der Waals surface area contributed by atoms with Gasteiger partial charge in [0.2, 0.25) is 5.91 Å². The summed E-state index contributed by atoms with van der Waals surface area (Å²) in [6.07, 6.45) is 9.52. The minimum atomic E-state index is -0.0679. The van der Waals surface area contributed by atoms with Gasteiger partial charge >= 0.3 is 0 Å². The molecular weight excluding hydrogens is 474 g/mol. The summed E-state index contributed by atoms with van der Waals surface area (Å²) in [6.45, 7) is 4.21. The summed E-state index contributed by atoms with van der Waals surface area (Å²) >= 11 is 2.91. The Kier molecular flexibility index (Phi) is 6.00. The standard InChI is InChI=1S/C27H33N5OS2/c1-16-4-5-21(6-17(16)2)22-14-34-25(28-22)29-24(33)15-35-26-31-30-23(32(26)3)13-27-10-18-7-19(11-27)9-20(8-18)12-27/h4-6,14,18-20H,7-13,15H2,1-3H3,(H,28,29,33). The van der Waals surface area contributed by atoms with Gasteiger partial charge in [0.05, 0.1) is 11.4 Å². The lowest BCUT2D eigenvalue weighted by atomic mass is 9.49. The molecule has 0 saturated heterocycles. The quantitative estimate of drug-likeness (QED) is 0.395. The first-order valence-corrected chi connectivity index (χ1v) is 14.6. The monoisotopic (exact) mass is 507 g/mol. The Bertz CT molecular complexity index is 1230. The van der Waals surface area contributed by atoms with Gasteiger partial charge in [-0.15, -0.1) is 21.5 Å². The Morgan fingerprint density at radius 1 is 1.11 bits per heavy atom. The van der Waals surface area contributed by atoms with E-state index in [9.17, 15) is 4.79 Å². The highest BCUT2D eigenvalue weighted by Gasteiger charge is 2.51. The number of nitrogens with one attached hydrogen (secondary N) is 1. The van der Waals surface area contributed by atoms with Crippen LogP contribution in [0, 0.1) is 37.0 Å². The van der Waals surface area contributed by atoms with Crippen LogP contribution in [0.1, 0.15) is 55.5 Å². The van der Waals surface area contributed by atoms with Gasteiger partial charge in [0.15, 0.2) is 10.3 Å². The third-order valence-electron chi connectivity index (χ3n) is 8.51. The maximum Gasteiger partial charge on any atom is 0.236 e. The highest BCUT2D eigenvalue weighted by molar-refractivity contribution is 7.99. The van der Waals surface area contributed by atoms with Gasteiger partial charge in [-0.2, -0.15) is 0 Å². The molecule has 6 nitrogen and oxygen atoms in total. The zero-order chi connectivity index (χ0) is 24.2. The van der Waals surface area contributed by atoms with E-state index in [-0.39, 0.29) is 5.91 Å². The van der Waals surface area contributed by atoms with Gasteiger partial charge in [-0.3, -0.25) is 4.79 Å². The van der Waals surface area contributed by atoms with Crippen LogP contribution in [0.15, 0.2) is 28.7 Å². The molecule has 0 aliphatic heterocycles. The molecule has 4 fully saturated rings. The summed E-state index contributed by atoms with van der Waals surface area (Å²) in [7, 11) is 2.05. The molecule has 35 heavy (non-hydrogen) atoms. The topological polar surface area (TPSA) is 72.7 Å². The second kappa shape index (κ2) is 9.04. The van der Waals surface area contributed by atoms with Gasteiger partial charge in [-0.25, -0.2) is 4.98 Å². The van der Waals surface area contributed by atoms with E-state index in [1.165, 1.54) is 72.8 Å². The van der Waals surface area contributed by atoms with Gasteiger partial charge in [-0.05, 0) is 92.7 Å². The highest BCUT2D eigenvalue weighted by Crippen LogP contribution is 2.61. The molecule has 1 N–H and O–H groups in total. The van der Waals surface area contributed by atoms with Crippen molar-refractivity contribution in [3.8, 4) is 11.3 Å². The molecular formula is C27H33N5OS2. The van der Waals surface area contributed by atoms with Crippen molar-refractivity contribution in [2.75, 3.05) is 11.1 Å².